The van der Waals surface area contributed by atoms with E-state index in [0.29, 0.717) is 17.1 Å². The molecule has 0 spiro atoms. The Labute approximate surface area is 216 Å². The number of carbonyl (C=O) groups is 2. The Morgan fingerprint density at radius 3 is 2.35 bits per heavy atom. The summed E-state index contributed by atoms with van der Waals surface area (Å²) in [5.74, 6) is -0.890. The molecule has 186 valence electrons. The van der Waals surface area contributed by atoms with Crippen molar-refractivity contribution in [3.63, 3.8) is 0 Å². The summed E-state index contributed by atoms with van der Waals surface area (Å²) in [6, 6.07) is 10.4. The summed E-state index contributed by atoms with van der Waals surface area (Å²) in [6.45, 7) is 3.64. The number of unbranched alkanes of at least 4 members (excludes halogenated alkanes) is 1. The van der Waals surface area contributed by atoms with Crippen LogP contribution < -0.4 is 9.62 Å². The summed E-state index contributed by atoms with van der Waals surface area (Å²) in [4.78, 5) is 27.5. The van der Waals surface area contributed by atoms with E-state index in [-0.39, 0.29) is 28.2 Å². The van der Waals surface area contributed by atoms with Crippen molar-refractivity contribution in [3.8, 4) is 0 Å². The molecule has 11 heteroatoms. The summed E-state index contributed by atoms with van der Waals surface area (Å²) in [7, 11) is -3.86. The second-order valence-corrected chi connectivity index (χ2v) is 11.0. The molecular formula is C23H28Cl3N3O4S. The number of halogens is 3. The van der Waals surface area contributed by atoms with Crippen molar-refractivity contribution in [1.82, 2.24) is 10.2 Å². The molecule has 2 rings (SSSR count). The molecule has 7 nitrogen and oxygen atoms in total. The first-order valence-electron chi connectivity index (χ1n) is 10.7. The molecule has 0 saturated carbocycles. The van der Waals surface area contributed by atoms with Gasteiger partial charge in [0.25, 0.3) is 0 Å². The van der Waals surface area contributed by atoms with Crippen LogP contribution in [0, 0.1) is 0 Å². The van der Waals surface area contributed by atoms with Crippen LogP contribution in [0.3, 0.4) is 0 Å². The number of rotatable bonds is 11. The largest absolute Gasteiger partial charge is 0.354 e. The number of sulfonamides is 1. The molecule has 2 aromatic rings. The Morgan fingerprint density at radius 1 is 1.06 bits per heavy atom. The quantitative estimate of drug-likeness (QED) is 0.411. The molecule has 0 aliphatic rings. The van der Waals surface area contributed by atoms with Crippen molar-refractivity contribution in [3.05, 3.63) is 63.1 Å². The van der Waals surface area contributed by atoms with Crippen LogP contribution in [0.25, 0.3) is 0 Å². The third kappa shape index (κ3) is 8.05. The molecule has 1 N–H and O–H groups in total. The average Bonchev–Trinajstić information content (AvgIpc) is 2.76. The van der Waals surface area contributed by atoms with E-state index >= 15 is 0 Å². The first kappa shape index (κ1) is 28.2. The van der Waals surface area contributed by atoms with Gasteiger partial charge in [-0.25, -0.2) is 8.42 Å². The second-order valence-electron chi connectivity index (χ2n) is 7.84. The van der Waals surface area contributed by atoms with Gasteiger partial charge in [-0.2, -0.15) is 0 Å². The van der Waals surface area contributed by atoms with Crippen LogP contribution in [-0.4, -0.2) is 50.5 Å². The zero-order valence-corrected chi connectivity index (χ0v) is 22.3. The monoisotopic (exact) mass is 547 g/mol. The van der Waals surface area contributed by atoms with Gasteiger partial charge in [0.05, 0.1) is 22.0 Å². The molecule has 1 atom stereocenters. The van der Waals surface area contributed by atoms with Gasteiger partial charge in [-0.1, -0.05) is 60.3 Å². The standard InChI is InChI=1S/C23H28Cl3N3O4S/c1-4-5-11-27-23(31)16(2)28(14-17-7-6-8-18(24)12-17)22(30)15-29(34(3,32)33)19-9-10-20(25)21(26)13-19/h6-10,12-13,16H,4-5,11,14-15H2,1-3H3,(H,27,31). The normalized spacial score (nSPS) is 12.2. The van der Waals surface area contributed by atoms with Crippen molar-refractivity contribution in [1.29, 1.82) is 0 Å². The molecule has 0 heterocycles. The summed E-state index contributed by atoms with van der Waals surface area (Å²) >= 11 is 18.1. The fourth-order valence-corrected chi connectivity index (χ4v) is 4.55. The van der Waals surface area contributed by atoms with E-state index in [0.717, 1.165) is 23.4 Å². The summed E-state index contributed by atoms with van der Waals surface area (Å²) in [6.07, 6.45) is 2.71. The van der Waals surface area contributed by atoms with Crippen LogP contribution in [-0.2, 0) is 26.2 Å². The first-order chi connectivity index (χ1) is 15.9. The first-order valence-corrected chi connectivity index (χ1v) is 13.7. The SMILES string of the molecule is CCCCNC(=O)C(C)N(Cc1cccc(Cl)c1)C(=O)CN(c1ccc(Cl)c(Cl)c1)S(C)(=O)=O. The zero-order valence-electron chi connectivity index (χ0n) is 19.2. The number of carbonyl (C=O) groups excluding carboxylic acids is 2. The molecule has 0 bridgehead atoms. The molecule has 0 aliphatic heterocycles. The summed E-state index contributed by atoms with van der Waals surface area (Å²) in [5, 5.41) is 3.71. The Kier molecular flexibility index (Phi) is 10.5. The molecule has 2 amide bonds. The fourth-order valence-electron chi connectivity index (χ4n) is 3.20. The van der Waals surface area contributed by atoms with Gasteiger partial charge in [-0.05, 0) is 49.2 Å². The predicted octanol–water partition coefficient (Wildman–Crippen LogP) is 4.75. The lowest BCUT2D eigenvalue weighted by atomic mass is 10.1. The van der Waals surface area contributed by atoms with Crippen LogP contribution in [0.15, 0.2) is 42.5 Å². The minimum absolute atomic E-state index is 0.0702. The van der Waals surface area contributed by atoms with E-state index in [1.165, 1.54) is 23.1 Å². The number of nitrogens with one attached hydrogen (secondary N) is 1. The van der Waals surface area contributed by atoms with Crippen molar-refractivity contribution in [2.75, 3.05) is 23.7 Å². The maximum Gasteiger partial charge on any atom is 0.244 e. The third-order valence-electron chi connectivity index (χ3n) is 5.11. The van der Waals surface area contributed by atoms with Gasteiger partial charge in [0.15, 0.2) is 0 Å². The van der Waals surface area contributed by atoms with E-state index in [4.69, 9.17) is 34.8 Å². The summed E-state index contributed by atoms with van der Waals surface area (Å²) in [5.41, 5.74) is 0.891. The fraction of sp³-hybridized carbons (Fsp3) is 0.391. The number of nitrogens with zero attached hydrogens (tertiary/aromatic N) is 2. The highest BCUT2D eigenvalue weighted by atomic mass is 35.5. The number of amides is 2. The van der Waals surface area contributed by atoms with Crippen LogP contribution in [0.2, 0.25) is 15.1 Å². The lowest BCUT2D eigenvalue weighted by Crippen LogP contribution is -2.51. The van der Waals surface area contributed by atoms with Crippen LogP contribution in [0.1, 0.15) is 32.3 Å². The number of benzene rings is 2. The molecule has 0 saturated heterocycles. The van der Waals surface area contributed by atoms with Gasteiger partial charge < -0.3 is 10.2 Å². The minimum Gasteiger partial charge on any atom is -0.354 e. The Balaban J connectivity index is 2.37. The highest BCUT2D eigenvalue weighted by Gasteiger charge is 2.30. The van der Waals surface area contributed by atoms with Gasteiger partial charge in [-0.3, -0.25) is 13.9 Å². The average molecular weight is 549 g/mol. The molecule has 0 fully saturated rings. The molecule has 2 aromatic carbocycles. The maximum absolute atomic E-state index is 13.4. The topological polar surface area (TPSA) is 86.8 Å². The smallest absolute Gasteiger partial charge is 0.244 e. The van der Waals surface area contributed by atoms with E-state index < -0.39 is 28.5 Å². The van der Waals surface area contributed by atoms with Crippen molar-refractivity contribution < 1.29 is 18.0 Å². The molecular weight excluding hydrogens is 521 g/mol. The molecule has 0 aliphatic carbocycles. The van der Waals surface area contributed by atoms with Crippen molar-refractivity contribution in [2.24, 2.45) is 0 Å². The zero-order chi connectivity index (χ0) is 25.5. The Morgan fingerprint density at radius 2 is 1.76 bits per heavy atom. The molecule has 1 unspecified atom stereocenters. The van der Waals surface area contributed by atoms with Gasteiger partial charge >= 0.3 is 0 Å². The van der Waals surface area contributed by atoms with Crippen LogP contribution in [0.4, 0.5) is 5.69 Å². The molecule has 0 radical (unpaired) electrons. The second kappa shape index (κ2) is 12.6. The predicted molar refractivity (Wildman–Crippen MR) is 138 cm³/mol. The van der Waals surface area contributed by atoms with E-state index in [2.05, 4.69) is 5.32 Å². The van der Waals surface area contributed by atoms with Crippen LogP contribution >= 0.6 is 34.8 Å². The van der Waals surface area contributed by atoms with Crippen LogP contribution in [0.5, 0.6) is 0 Å². The van der Waals surface area contributed by atoms with E-state index in [1.807, 2.05) is 6.92 Å². The highest BCUT2D eigenvalue weighted by molar-refractivity contribution is 7.92. The molecule has 0 aromatic heterocycles. The van der Waals surface area contributed by atoms with Crippen molar-refractivity contribution >= 4 is 62.3 Å². The Bertz CT molecular complexity index is 1130. The lowest BCUT2D eigenvalue weighted by Gasteiger charge is -2.31. The Hall–Kier alpha value is -2.00. The van der Waals surface area contributed by atoms with E-state index in [9.17, 15) is 18.0 Å². The van der Waals surface area contributed by atoms with Gasteiger partial charge in [-0.15, -0.1) is 0 Å². The number of hydrogen-bond acceptors (Lipinski definition) is 4. The van der Waals surface area contributed by atoms with E-state index in [1.54, 1.807) is 31.2 Å². The molecule has 34 heavy (non-hydrogen) atoms. The highest BCUT2D eigenvalue weighted by Crippen LogP contribution is 2.28. The minimum atomic E-state index is -3.86. The number of hydrogen-bond donors (Lipinski definition) is 1. The van der Waals surface area contributed by atoms with Gasteiger partial charge in [0, 0.05) is 18.1 Å². The lowest BCUT2D eigenvalue weighted by molar-refractivity contribution is -0.139. The third-order valence-corrected chi connectivity index (χ3v) is 7.22. The van der Waals surface area contributed by atoms with Gasteiger partial charge in [0.2, 0.25) is 21.8 Å². The maximum atomic E-state index is 13.4. The van der Waals surface area contributed by atoms with Gasteiger partial charge in [0.1, 0.15) is 12.6 Å². The summed E-state index contributed by atoms with van der Waals surface area (Å²) < 4.78 is 26.0. The van der Waals surface area contributed by atoms with Crippen molar-refractivity contribution in [2.45, 2.75) is 39.3 Å². The number of anilines is 1.